The average Bonchev–Trinajstić information content (AvgIpc) is 3.00. The van der Waals surface area contributed by atoms with Crippen LogP contribution in [0.2, 0.25) is 0 Å². The second-order valence-corrected chi connectivity index (χ2v) is 9.01. The zero-order valence-electron chi connectivity index (χ0n) is 15.1. The molecule has 0 spiro atoms. The van der Waals surface area contributed by atoms with E-state index in [2.05, 4.69) is 5.10 Å². The lowest BCUT2D eigenvalue weighted by Crippen LogP contribution is -2.36. The number of benzene rings is 2. The van der Waals surface area contributed by atoms with Gasteiger partial charge in [0.1, 0.15) is 17.0 Å². The predicted molar refractivity (Wildman–Crippen MR) is 105 cm³/mol. The fraction of sp³-hybridized carbons (Fsp3) is 0.300. The summed E-state index contributed by atoms with van der Waals surface area (Å²) in [5, 5.41) is 5.60. The van der Waals surface area contributed by atoms with E-state index < -0.39 is 0 Å². The molecule has 0 aromatic heterocycles. The second-order valence-electron chi connectivity index (χ2n) is 6.76. The third-order valence-electron chi connectivity index (χ3n) is 4.85. The number of hydrogen-bond donors (Lipinski definition) is 0. The van der Waals surface area contributed by atoms with Gasteiger partial charge in [-0.2, -0.15) is 5.10 Å². The summed E-state index contributed by atoms with van der Waals surface area (Å²) in [7, 11) is 0. The number of aryl methyl sites for hydroxylation is 2. The molecular formula is C20H18F2N2OS2. The molecule has 2 atom stereocenters. The van der Waals surface area contributed by atoms with Crippen LogP contribution in [0.25, 0.3) is 0 Å². The number of halogens is 2. The van der Waals surface area contributed by atoms with Crippen molar-refractivity contribution in [1.29, 1.82) is 0 Å². The highest BCUT2D eigenvalue weighted by Gasteiger charge is 2.44. The molecule has 2 aliphatic rings. The van der Waals surface area contributed by atoms with Crippen molar-refractivity contribution in [1.82, 2.24) is 5.01 Å². The first-order chi connectivity index (χ1) is 12.9. The zero-order chi connectivity index (χ0) is 19.3. The summed E-state index contributed by atoms with van der Waals surface area (Å²) in [4.78, 5) is 13.8. The maximum absolute atomic E-state index is 14.8. The van der Waals surface area contributed by atoms with Gasteiger partial charge in [0.15, 0.2) is 0 Å². The van der Waals surface area contributed by atoms with Crippen LogP contribution in [0.1, 0.15) is 23.6 Å². The highest BCUT2D eigenvalue weighted by molar-refractivity contribution is 8.00. The molecule has 0 aliphatic carbocycles. The van der Waals surface area contributed by atoms with Gasteiger partial charge in [-0.05, 0) is 43.2 Å². The van der Waals surface area contributed by atoms with Crippen LogP contribution >= 0.6 is 23.5 Å². The van der Waals surface area contributed by atoms with Gasteiger partial charge in [0.2, 0.25) is 5.91 Å². The summed E-state index contributed by atoms with van der Waals surface area (Å²) >= 11 is 2.97. The molecule has 0 radical (unpaired) electrons. The Kier molecular flexibility index (Phi) is 4.76. The molecule has 140 valence electrons. The van der Waals surface area contributed by atoms with Gasteiger partial charge in [-0.25, -0.2) is 13.8 Å². The maximum Gasteiger partial charge on any atom is 0.240 e. The molecule has 2 aromatic rings. The van der Waals surface area contributed by atoms with Crippen LogP contribution in [-0.4, -0.2) is 27.8 Å². The Bertz CT molecular complexity index is 977. The molecule has 2 aromatic carbocycles. The average molecular weight is 405 g/mol. The molecule has 2 heterocycles. The van der Waals surface area contributed by atoms with E-state index in [-0.39, 0.29) is 28.8 Å². The lowest BCUT2D eigenvalue weighted by Gasteiger charge is -2.28. The number of carbonyl (C=O) groups is 1. The fourth-order valence-corrected chi connectivity index (χ4v) is 5.92. The summed E-state index contributed by atoms with van der Waals surface area (Å²) in [6.45, 7) is 4.89. The highest BCUT2D eigenvalue weighted by atomic mass is 32.2. The molecule has 0 bridgehead atoms. The Balaban J connectivity index is 1.74. The molecule has 4 rings (SSSR count). The Morgan fingerprint density at radius 2 is 1.96 bits per heavy atom. The molecule has 7 heteroatoms. The van der Waals surface area contributed by atoms with Crippen molar-refractivity contribution in [2.24, 2.45) is 11.0 Å². The Hall–Kier alpha value is -1.86. The number of hydrogen-bond acceptors (Lipinski definition) is 4. The van der Waals surface area contributed by atoms with Crippen LogP contribution in [0, 0.1) is 31.4 Å². The van der Waals surface area contributed by atoms with Crippen LogP contribution in [0.5, 0.6) is 0 Å². The standard InChI is InChI=1S/C20H18F2N2OS2/c1-10-4-6-13(8-15(10)21)27-20-14-9-26-16-7-5-11(2)18(22)17(16)19(14)23-24(20)12(3)25/h4-8,14,20H,9H2,1-3H3/t14-,20-/m0/s1. The number of carbonyl (C=O) groups excluding carboxylic acids is 1. The summed E-state index contributed by atoms with van der Waals surface area (Å²) in [6, 6.07) is 8.71. The van der Waals surface area contributed by atoms with Crippen LogP contribution in [0.3, 0.4) is 0 Å². The normalized spacial score (nSPS) is 20.9. The first kappa shape index (κ1) is 18.5. The van der Waals surface area contributed by atoms with Crippen LogP contribution in [0.4, 0.5) is 8.78 Å². The lowest BCUT2D eigenvalue weighted by molar-refractivity contribution is -0.129. The maximum atomic E-state index is 14.8. The number of hydrazone groups is 1. The number of thioether (sulfide) groups is 2. The quantitative estimate of drug-likeness (QED) is 0.707. The molecule has 0 saturated heterocycles. The van der Waals surface area contributed by atoms with E-state index in [1.807, 2.05) is 12.1 Å². The molecule has 0 fully saturated rings. The van der Waals surface area contributed by atoms with Crippen molar-refractivity contribution in [2.45, 2.75) is 35.9 Å². The smallest absolute Gasteiger partial charge is 0.240 e. The molecule has 0 N–H and O–H groups in total. The number of nitrogens with zero attached hydrogens (tertiary/aromatic N) is 2. The Morgan fingerprint density at radius 3 is 2.67 bits per heavy atom. The SMILES string of the molecule is CC(=O)N1N=C2c3c(ccc(C)c3F)SC[C@@H]2[C@@H]1Sc1ccc(C)c(F)c1. The molecule has 1 amide bonds. The third kappa shape index (κ3) is 3.17. The number of fused-ring (bicyclic) bond motifs is 3. The lowest BCUT2D eigenvalue weighted by atomic mass is 9.96. The second kappa shape index (κ2) is 6.95. The molecule has 0 saturated carbocycles. The molecule has 2 aliphatic heterocycles. The molecule has 3 nitrogen and oxygen atoms in total. The summed E-state index contributed by atoms with van der Waals surface area (Å²) in [5.41, 5.74) is 2.25. The van der Waals surface area contributed by atoms with E-state index in [9.17, 15) is 13.6 Å². The van der Waals surface area contributed by atoms with E-state index in [1.54, 1.807) is 37.7 Å². The third-order valence-corrected chi connectivity index (χ3v) is 7.32. The number of amides is 1. The van der Waals surface area contributed by atoms with Gasteiger partial charge in [-0.15, -0.1) is 11.8 Å². The van der Waals surface area contributed by atoms with Crippen LogP contribution in [0.15, 0.2) is 45.2 Å². The van der Waals surface area contributed by atoms with Gasteiger partial charge in [0.25, 0.3) is 0 Å². The van der Waals surface area contributed by atoms with Gasteiger partial charge < -0.3 is 0 Å². The predicted octanol–water partition coefficient (Wildman–Crippen LogP) is 4.99. The monoisotopic (exact) mass is 404 g/mol. The van der Waals surface area contributed by atoms with Gasteiger partial charge in [-0.3, -0.25) is 4.79 Å². The largest absolute Gasteiger partial charge is 0.273 e. The van der Waals surface area contributed by atoms with E-state index in [0.29, 0.717) is 28.2 Å². The minimum atomic E-state index is -0.319. The number of rotatable bonds is 2. The molecule has 0 unspecified atom stereocenters. The van der Waals surface area contributed by atoms with Gasteiger partial charge >= 0.3 is 0 Å². The molecular weight excluding hydrogens is 386 g/mol. The summed E-state index contributed by atoms with van der Waals surface area (Å²) < 4.78 is 28.8. The van der Waals surface area contributed by atoms with Crippen molar-refractivity contribution < 1.29 is 13.6 Å². The molecule has 27 heavy (non-hydrogen) atoms. The van der Waals surface area contributed by atoms with Crippen molar-refractivity contribution in [3.63, 3.8) is 0 Å². The minimum absolute atomic E-state index is 0.114. The van der Waals surface area contributed by atoms with E-state index in [4.69, 9.17) is 0 Å². The van der Waals surface area contributed by atoms with Gasteiger partial charge in [0, 0.05) is 33.9 Å². The zero-order valence-corrected chi connectivity index (χ0v) is 16.8. The van der Waals surface area contributed by atoms with E-state index in [1.165, 1.54) is 29.8 Å². The Labute approximate surface area is 165 Å². The van der Waals surface area contributed by atoms with E-state index in [0.717, 1.165) is 9.79 Å². The van der Waals surface area contributed by atoms with Crippen molar-refractivity contribution >= 4 is 35.1 Å². The van der Waals surface area contributed by atoms with Gasteiger partial charge in [0.05, 0.1) is 5.71 Å². The minimum Gasteiger partial charge on any atom is -0.273 e. The summed E-state index contributed by atoms with van der Waals surface area (Å²) in [5.74, 6) is -0.180. The van der Waals surface area contributed by atoms with Crippen LogP contribution < -0.4 is 0 Å². The first-order valence-electron chi connectivity index (χ1n) is 8.60. The van der Waals surface area contributed by atoms with Crippen molar-refractivity contribution in [3.05, 3.63) is 58.7 Å². The fourth-order valence-electron chi connectivity index (χ4n) is 3.32. The van der Waals surface area contributed by atoms with Crippen molar-refractivity contribution in [3.8, 4) is 0 Å². The highest BCUT2D eigenvalue weighted by Crippen LogP contribution is 2.45. The topological polar surface area (TPSA) is 32.7 Å². The summed E-state index contributed by atoms with van der Waals surface area (Å²) in [6.07, 6.45) is 0. The van der Waals surface area contributed by atoms with Crippen molar-refractivity contribution in [2.75, 3.05) is 5.75 Å². The Morgan fingerprint density at radius 1 is 1.22 bits per heavy atom. The van der Waals surface area contributed by atoms with E-state index >= 15 is 0 Å². The first-order valence-corrected chi connectivity index (χ1v) is 10.5. The van der Waals surface area contributed by atoms with Gasteiger partial charge in [-0.1, -0.05) is 23.9 Å². The van der Waals surface area contributed by atoms with Crippen LogP contribution in [-0.2, 0) is 4.79 Å².